The van der Waals surface area contributed by atoms with E-state index >= 15 is 0 Å². The van der Waals surface area contributed by atoms with Gasteiger partial charge >= 0.3 is 0 Å². The zero-order valence-corrected chi connectivity index (χ0v) is 15.7. The van der Waals surface area contributed by atoms with Gasteiger partial charge in [0.2, 0.25) is 0 Å². The number of hydrogen-bond acceptors (Lipinski definition) is 5. The highest BCUT2D eigenvalue weighted by atomic mass is 127. The van der Waals surface area contributed by atoms with Crippen LogP contribution in [0, 0.1) is 17.3 Å². The number of carbonyl (C=O) groups excluding carboxylic acids is 1. The van der Waals surface area contributed by atoms with Gasteiger partial charge in [0.25, 0.3) is 11.6 Å². The van der Waals surface area contributed by atoms with E-state index in [9.17, 15) is 20.0 Å². The smallest absolute Gasteiger partial charge is 0.271 e. The number of hydrogen-bond donors (Lipinski definition) is 2. The van der Waals surface area contributed by atoms with E-state index < -0.39 is 10.8 Å². The lowest BCUT2D eigenvalue weighted by molar-refractivity contribution is -0.384. The standard InChI is InChI=1S/C14H9I2N3O4/c15-10-5-9(13(20)12(16)6-10)7-17-18-14(21)8-1-3-11(4-2-8)19(22)23/h1-7,20H,(H,18,21). The number of nitro benzene ring substituents is 1. The van der Waals surface area contributed by atoms with E-state index in [0.29, 0.717) is 9.13 Å². The van der Waals surface area contributed by atoms with E-state index in [0.717, 1.165) is 3.57 Å². The number of hydrazone groups is 1. The molecule has 0 aliphatic heterocycles. The Morgan fingerprint density at radius 2 is 1.91 bits per heavy atom. The second-order valence-electron chi connectivity index (χ2n) is 4.33. The van der Waals surface area contributed by atoms with E-state index in [-0.39, 0.29) is 17.0 Å². The summed E-state index contributed by atoms with van der Waals surface area (Å²) in [5.41, 5.74) is 2.93. The first-order chi connectivity index (χ1) is 10.9. The SMILES string of the molecule is O=C(NN=Cc1cc(I)cc(I)c1O)c1ccc([N+](=O)[O-])cc1. The molecule has 0 radical (unpaired) electrons. The average molecular weight is 537 g/mol. The normalized spacial score (nSPS) is 10.7. The van der Waals surface area contributed by atoms with Crippen LogP contribution in [0.5, 0.6) is 5.75 Å². The largest absolute Gasteiger partial charge is 0.506 e. The highest BCUT2D eigenvalue weighted by Crippen LogP contribution is 2.25. The van der Waals surface area contributed by atoms with Gasteiger partial charge in [-0.15, -0.1) is 0 Å². The summed E-state index contributed by atoms with van der Waals surface area (Å²) in [6.07, 6.45) is 1.34. The summed E-state index contributed by atoms with van der Waals surface area (Å²) in [4.78, 5) is 21.9. The number of amides is 1. The van der Waals surface area contributed by atoms with E-state index in [1.165, 1.54) is 30.5 Å². The third-order valence-corrected chi connectivity index (χ3v) is 4.21. The molecule has 0 heterocycles. The minimum atomic E-state index is -0.540. The Kier molecular flexibility index (Phi) is 5.87. The summed E-state index contributed by atoms with van der Waals surface area (Å²) in [6.45, 7) is 0. The van der Waals surface area contributed by atoms with Gasteiger partial charge in [-0.05, 0) is 69.4 Å². The van der Waals surface area contributed by atoms with Crippen LogP contribution in [-0.2, 0) is 0 Å². The number of benzene rings is 2. The van der Waals surface area contributed by atoms with Crippen molar-refractivity contribution in [2.24, 2.45) is 5.10 Å². The molecular weight excluding hydrogens is 528 g/mol. The minimum absolute atomic E-state index is 0.0827. The maximum Gasteiger partial charge on any atom is 0.271 e. The van der Waals surface area contributed by atoms with Gasteiger partial charge in [0.1, 0.15) is 5.75 Å². The molecule has 2 aromatic rings. The number of aromatic hydroxyl groups is 1. The lowest BCUT2D eigenvalue weighted by atomic mass is 10.2. The number of nitro groups is 1. The lowest BCUT2D eigenvalue weighted by Gasteiger charge is -2.03. The summed E-state index contributed by atoms with van der Waals surface area (Å²) < 4.78 is 1.60. The zero-order valence-electron chi connectivity index (χ0n) is 11.4. The number of non-ortho nitro benzene ring substituents is 1. The third-order valence-electron chi connectivity index (χ3n) is 2.77. The van der Waals surface area contributed by atoms with Crippen molar-refractivity contribution in [3.63, 3.8) is 0 Å². The van der Waals surface area contributed by atoms with Crippen molar-refractivity contribution in [2.75, 3.05) is 0 Å². The second-order valence-corrected chi connectivity index (χ2v) is 6.74. The average Bonchev–Trinajstić information content (AvgIpc) is 2.51. The molecule has 0 aromatic heterocycles. The molecule has 0 saturated heterocycles. The quantitative estimate of drug-likeness (QED) is 0.271. The Morgan fingerprint density at radius 1 is 1.26 bits per heavy atom. The van der Waals surface area contributed by atoms with Crippen LogP contribution in [0.3, 0.4) is 0 Å². The van der Waals surface area contributed by atoms with Crippen molar-refractivity contribution in [2.45, 2.75) is 0 Å². The second kappa shape index (κ2) is 7.68. The molecule has 0 bridgehead atoms. The number of phenols is 1. The number of rotatable bonds is 4. The summed E-state index contributed by atoms with van der Waals surface area (Å²) in [5.74, 6) is -0.421. The van der Waals surface area contributed by atoms with Crippen molar-refractivity contribution in [1.29, 1.82) is 0 Å². The fourth-order valence-corrected chi connectivity index (χ4v) is 3.53. The van der Waals surface area contributed by atoms with Crippen LogP contribution < -0.4 is 5.43 Å². The molecule has 118 valence electrons. The monoisotopic (exact) mass is 537 g/mol. The molecule has 0 fully saturated rings. The van der Waals surface area contributed by atoms with Gasteiger partial charge in [0, 0.05) is 26.8 Å². The van der Waals surface area contributed by atoms with Crippen LogP contribution in [0.2, 0.25) is 0 Å². The number of halogens is 2. The highest BCUT2D eigenvalue weighted by molar-refractivity contribution is 14.1. The molecule has 0 aliphatic carbocycles. The fourth-order valence-electron chi connectivity index (χ4n) is 1.64. The Labute approximate surface area is 158 Å². The van der Waals surface area contributed by atoms with Crippen molar-refractivity contribution >= 4 is 63.0 Å². The third kappa shape index (κ3) is 4.60. The first-order valence-corrected chi connectivity index (χ1v) is 8.30. The van der Waals surface area contributed by atoms with Crippen LogP contribution in [0.25, 0.3) is 0 Å². The fraction of sp³-hybridized carbons (Fsp3) is 0. The topological polar surface area (TPSA) is 105 Å². The molecule has 1 amide bonds. The Bertz CT molecular complexity index is 791. The molecule has 0 unspecified atom stereocenters. The molecule has 0 atom stereocenters. The molecular formula is C14H9I2N3O4. The van der Waals surface area contributed by atoms with Crippen LogP contribution in [0.4, 0.5) is 5.69 Å². The first-order valence-electron chi connectivity index (χ1n) is 6.14. The van der Waals surface area contributed by atoms with E-state index in [4.69, 9.17) is 0 Å². The zero-order chi connectivity index (χ0) is 17.0. The Balaban J connectivity index is 2.08. The predicted molar refractivity (Wildman–Crippen MR) is 102 cm³/mol. The number of nitrogens with one attached hydrogen (secondary N) is 1. The predicted octanol–water partition coefficient (Wildman–Crippen LogP) is 3.27. The molecule has 0 spiro atoms. The van der Waals surface area contributed by atoms with Gasteiger partial charge in [-0.3, -0.25) is 14.9 Å². The van der Waals surface area contributed by atoms with Crippen LogP contribution in [0.1, 0.15) is 15.9 Å². The van der Waals surface area contributed by atoms with Gasteiger partial charge in [-0.1, -0.05) is 0 Å². The molecule has 7 nitrogen and oxygen atoms in total. The molecule has 0 aliphatic rings. The van der Waals surface area contributed by atoms with Gasteiger partial charge in [-0.2, -0.15) is 5.10 Å². The van der Waals surface area contributed by atoms with E-state index in [2.05, 4.69) is 33.1 Å². The van der Waals surface area contributed by atoms with Crippen LogP contribution in [0.15, 0.2) is 41.5 Å². The van der Waals surface area contributed by atoms with Crippen LogP contribution >= 0.6 is 45.2 Å². The van der Waals surface area contributed by atoms with E-state index in [1.54, 1.807) is 6.07 Å². The minimum Gasteiger partial charge on any atom is -0.506 e. The Morgan fingerprint density at radius 3 is 2.52 bits per heavy atom. The highest BCUT2D eigenvalue weighted by Gasteiger charge is 2.09. The van der Waals surface area contributed by atoms with Crippen molar-refractivity contribution in [1.82, 2.24) is 5.43 Å². The summed E-state index contributed by atoms with van der Waals surface area (Å²) >= 11 is 4.11. The van der Waals surface area contributed by atoms with Gasteiger partial charge in [-0.25, -0.2) is 5.43 Å². The van der Waals surface area contributed by atoms with E-state index in [1.807, 2.05) is 28.7 Å². The maximum absolute atomic E-state index is 11.9. The molecule has 9 heteroatoms. The maximum atomic E-state index is 11.9. The molecule has 2 rings (SSSR count). The van der Waals surface area contributed by atoms with Gasteiger partial charge in [0.15, 0.2) is 0 Å². The van der Waals surface area contributed by atoms with Crippen molar-refractivity contribution in [3.8, 4) is 5.75 Å². The lowest BCUT2D eigenvalue weighted by Crippen LogP contribution is -2.17. The van der Waals surface area contributed by atoms with Crippen molar-refractivity contribution < 1.29 is 14.8 Å². The molecule has 2 aromatic carbocycles. The number of nitrogens with zero attached hydrogens (tertiary/aromatic N) is 2. The van der Waals surface area contributed by atoms with Crippen LogP contribution in [-0.4, -0.2) is 22.2 Å². The molecule has 0 saturated carbocycles. The summed E-state index contributed by atoms with van der Waals surface area (Å²) in [6, 6.07) is 8.70. The first kappa shape index (κ1) is 17.6. The van der Waals surface area contributed by atoms with Gasteiger partial charge < -0.3 is 5.11 Å². The molecule has 2 N–H and O–H groups in total. The number of carbonyl (C=O) groups is 1. The summed E-state index contributed by atoms with van der Waals surface area (Å²) in [5, 5.41) is 24.3. The Hall–Kier alpha value is -1.76. The molecule has 23 heavy (non-hydrogen) atoms. The summed E-state index contributed by atoms with van der Waals surface area (Å²) in [7, 11) is 0. The number of phenolic OH excluding ortho intramolecular Hbond substituents is 1. The van der Waals surface area contributed by atoms with Gasteiger partial charge in [0.05, 0.1) is 14.7 Å². The van der Waals surface area contributed by atoms with Crippen molar-refractivity contribution in [3.05, 3.63) is 64.8 Å².